The fraction of sp³-hybridized carbons (Fsp3) is 0.429. The number of hydrogen-bond acceptors (Lipinski definition) is 8. The predicted molar refractivity (Wildman–Crippen MR) is 185 cm³/mol. The lowest BCUT2D eigenvalue weighted by Crippen LogP contribution is -2.58. The van der Waals surface area contributed by atoms with E-state index in [2.05, 4.69) is 20.8 Å². The molecule has 0 bridgehead atoms. The summed E-state index contributed by atoms with van der Waals surface area (Å²) in [6.07, 6.45) is 2.35. The van der Waals surface area contributed by atoms with Crippen LogP contribution >= 0.6 is 0 Å². The van der Waals surface area contributed by atoms with Crippen LogP contribution in [0.25, 0.3) is 0 Å². The van der Waals surface area contributed by atoms with E-state index < -0.39 is 40.1 Å². The van der Waals surface area contributed by atoms with Crippen molar-refractivity contribution < 1.29 is 28.3 Å². The van der Waals surface area contributed by atoms with Crippen molar-refractivity contribution in [2.45, 2.75) is 70.2 Å². The van der Waals surface area contributed by atoms with Crippen LogP contribution in [-0.2, 0) is 27.8 Å². The molecule has 0 fully saturated rings. The number of aliphatic hydroxyl groups is 1. The Morgan fingerprint density at radius 2 is 1.62 bits per heavy atom. The molecular weight excluding hydrogens is 632 g/mol. The van der Waals surface area contributed by atoms with E-state index in [4.69, 9.17) is 5.21 Å². The minimum Gasteiger partial charge on any atom is -0.411 e. The number of benzene rings is 2. The number of aromatic nitrogens is 1. The molecule has 0 saturated heterocycles. The summed E-state index contributed by atoms with van der Waals surface area (Å²) in [7, 11) is -2.44. The molecule has 0 spiro atoms. The second-order valence-electron chi connectivity index (χ2n) is 12.4. The second-order valence-corrected chi connectivity index (χ2v) is 14.3. The number of urea groups is 1. The zero-order valence-electron chi connectivity index (χ0n) is 28.2. The molecule has 3 amide bonds. The number of nitrogens with zero attached hydrogens (tertiary/aromatic N) is 4. The Morgan fingerprint density at radius 1 is 0.958 bits per heavy atom. The zero-order valence-corrected chi connectivity index (χ0v) is 29.0. The number of amides is 3. The van der Waals surface area contributed by atoms with Gasteiger partial charge in [0, 0.05) is 26.3 Å². The average molecular weight is 681 g/mol. The number of pyridine rings is 1. The summed E-state index contributed by atoms with van der Waals surface area (Å²) in [6.45, 7) is 7.62. The lowest BCUT2D eigenvalue weighted by Gasteiger charge is -2.33. The van der Waals surface area contributed by atoms with Crippen molar-refractivity contribution in [3.05, 3.63) is 95.8 Å². The summed E-state index contributed by atoms with van der Waals surface area (Å²) in [6, 6.07) is 18.3. The van der Waals surface area contributed by atoms with E-state index in [-0.39, 0.29) is 42.8 Å². The number of rotatable bonds is 17. The molecule has 12 nitrogen and oxygen atoms in total. The fourth-order valence-electron chi connectivity index (χ4n) is 5.13. The maximum atomic E-state index is 13.9. The summed E-state index contributed by atoms with van der Waals surface area (Å²) in [5.74, 6) is -0.797. The maximum Gasteiger partial charge on any atom is 0.318 e. The van der Waals surface area contributed by atoms with Gasteiger partial charge >= 0.3 is 6.03 Å². The lowest BCUT2D eigenvalue weighted by molar-refractivity contribution is -0.125. The monoisotopic (exact) mass is 680 g/mol. The molecule has 0 aliphatic rings. The van der Waals surface area contributed by atoms with E-state index >= 15 is 0 Å². The number of sulfonamides is 1. The molecule has 0 saturated carbocycles. The Kier molecular flexibility index (Phi) is 14.5. The molecule has 260 valence electrons. The van der Waals surface area contributed by atoms with Gasteiger partial charge in [0.2, 0.25) is 15.9 Å². The third-order valence-electron chi connectivity index (χ3n) is 8.02. The number of aliphatic hydroxyl groups excluding tert-OH is 1. The van der Waals surface area contributed by atoms with Crippen molar-refractivity contribution in [2.24, 2.45) is 17.0 Å². The van der Waals surface area contributed by atoms with E-state index in [0.29, 0.717) is 17.7 Å². The minimum absolute atomic E-state index is 0.0171. The van der Waals surface area contributed by atoms with Crippen molar-refractivity contribution in [2.75, 3.05) is 20.1 Å². The molecule has 3 aromatic rings. The van der Waals surface area contributed by atoms with E-state index in [1.54, 1.807) is 19.3 Å². The fourth-order valence-corrected chi connectivity index (χ4v) is 6.75. The summed E-state index contributed by atoms with van der Waals surface area (Å²) >= 11 is 0. The van der Waals surface area contributed by atoms with E-state index in [9.17, 15) is 23.1 Å². The predicted octanol–water partition coefficient (Wildman–Crippen LogP) is 3.88. The molecule has 3 rings (SSSR count). The highest BCUT2D eigenvalue weighted by molar-refractivity contribution is 7.89. The normalized spacial score (nSPS) is 14.4. The van der Waals surface area contributed by atoms with Crippen molar-refractivity contribution >= 4 is 28.2 Å². The summed E-state index contributed by atoms with van der Waals surface area (Å²) in [4.78, 5) is 32.8. The SMILES string of the molecule is CCC(C)C(NC(=O)N(C)Cc1ccccn1)C(=O)N[C@@H](Cc1ccccc1)[C@H](O)CN(CC(C)C)S(=O)(=O)c1ccc(/C=N/O)cc1. The van der Waals surface area contributed by atoms with Gasteiger partial charge < -0.3 is 25.8 Å². The van der Waals surface area contributed by atoms with Gasteiger partial charge in [-0.25, -0.2) is 13.2 Å². The average Bonchev–Trinajstić information content (AvgIpc) is 3.07. The van der Waals surface area contributed by atoms with E-state index in [1.807, 2.05) is 70.2 Å². The minimum atomic E-state index is -4.06. The maximum absolute atomic E-state index is 13.9. The summed E-state index contributed by atoms with van der Waals surface area (Å²) < 4.78 is 28.9. The van der Waals surface area contributed by atoms with Crippen molar-refractivity contribution in [3.8, 4) is 0 Å². The van der Waals surface area contributed by atoms with Gasteiger partial charge in [-0.05, 0) is 53.6 Å². The smallest absolute Gasteiger partial charge is 0.318 e. The first kappa shape index (κ1) is 38.1. The molecular formula is C35H48N6O6S. The highest BCUT2D eigenvalue weighted by Gasteiger charge is 2.34. The molecule has 0 radical (unpaired) electrons. The quantitative estimate of drug-likeness (QED) is 0.0955. The van der Waals surface area contributed by atoms with Crippen LogP contribution in [0.1, 0.15) is 50.9 Å². The molecule has 1 aromatic heterocycles. The van der Waals surface area contributed by atoms with Crippen LogP contribution in [-0.4, -0.2) is 89.4 Å². The zero-order chi connectivity index (χ0) is 35.3. The van der Waals surface area contributed by atoms with Gasteiger partial charge in [0.25, 0.3) is 0 Å². The number of carbonyl (C=O) groups is 2. The summed E-state index contributed by atoms with van der Waals surface area (Å²) in [5.41, 5.74) is 2.05. The van der Waals surface area contributed by atoms with Crippen LogP contribution in [0.15, 0.2) is 89.0 Å². The molecule has 1 heterocycles. The van der Waals surface area contributed by atoms with Gasteiger partial charge in [0.1, 0.15) is 6.04 Å². The lowest BCUT2D eigenvalue weighted by atomic mass is 9.96. The van der Waals surface area contributed by atoms with E-state index in [1.165, 1.54) is 39.7 Å². The van der Waals surface area contributed by atoms with Crippen LogP contribution in [0.3, 0.4) is 0 Å². The first-order chi connectivity index (χ1) is 22.8. The molecule has 13 heteroatoms. The van der Waals surface area contributed by atoms with Crippen molar-refractivity contribution in [3.63, 3.8) is 0 Å². The molecule has 0 aliphatic heterocycles. The van der Waals surface area contributed by atoms with Crippen LogP contribution in [0.2, 0.25) is 0 Å². The summed E-state index contributed by atoms with van der Waals surface area (Å²) in [5, 5.41) is 29.3. The van der Waals surface area contributed by atoms with Crippen molar-refractivity contribution in [1.29, 1.82) is 0 Å². The van der Waals surface area contributed by atoms with Crippen LogP contribution in [0.4, 0.5) is 4.79 Å². The number of nitrogens with one attached hydrogen (secondary N) is 2. The number of oxime groups is 1. The van der Waals surface area contributed by atoms with Gasteiger partial charge in [-0.15, -0.1) is 0 Å². The Labute approximate surface area is 283 Å². The largest absolute Gasteiger partial charge is 0.411 e. The molecule has 4 N–H and O–H groups in total. The topological polar surface area (TPSA) is 165 Å². The van der Waals surface area contributed by atoms with Crippen LogP contribution < -0.4 is 10.6 Å². The van der Waals surface area contributed by atoms with Crippen LogP contribution in [0, 0.1) is 11.8 Å². The van der Waals surface area contributed by atoms with Crippen molar-refractivity contribution in [1.82, 2.24) is 24.8 Å². The number of hydrogen-bond donors (Lipinski definition) is 4. The number of carbonyl (C=O) groups excluding carboxylic acids is 2. The van der Waals surface area contributed by atoms with Gasteiger partial charge in [-0.2, -0.15) is 4.31 Å². The highest BCUT2D eigenvalue weighted by atomic mass is 32.2. The van der Waals surface area contributed by atoms with E-state index in [0.717, 1.165) is 5.56 Å². The Bertz CT molecular complexity index is 1570. The molecule has 2 unspecified atom stereocenters. The van der Waals surface area contributed by atoms with Gasteiger partial charge in [0.15, 0.2) is 0 Å². The van der Waals surface area contributed by atoms with Gasteiger partial charge in [-0.1, -0.05) is 87.8 Å². The third kappa shape index (κ3) is 11.1. The first-order valence-electron chi connectivity index (χ1n) is 16.1. The van der Waals surface area contributed by atoms with Gasteiger partial charge in [0.05, 0.1) is 35.5 Å². The molecule has 48 heavy (non-hydrogen) atoms. The van der Waals surface area contributed by atoms with Gasteiger partial charge in [-0.3, -0.25) is 9.78 Å². The molecule has 0 aliphatic carbocycles. The highest BCUT2D eigenvalue weighted by Crippen LogP contribution is 2.20. The third-order valence-corrected chi connectivity index (χ3v) is 9.87. The Morgan fingerprint density at radius 3 is 2.21 bits per heavy atom. The first-order valence-corrected chi connectivity index (χ1v) is 17.5. The standard InChI is InChI=1S/C35H48N6O6S/c1-6-26(4)33(39-35(44)40(5)23-29-14-10-11-19-36-29)34(43)38-31(20-27-12-8-7-9-13-27)32(42)24-41(22-25(2)3)48(46,47)30-17-15-28(16-18-30)21-37-45/h7-19,21,25-26,31-33,42,45H,6,20,22-24H2,1-5H3,(H,38,43)(H,39,44)/b37-21+/t26?,31-,32+,33?/m0/s1. The Hall–Kier alpha value is -4.33. The van der Waals surface area contributed by atoms with Crippen LogP contribution in [0.5, 0.6) is 0 Å². The Balaban J connectivity index is 1.86. The second kappa shape index (κ2) is 18.3. The molecule has 4 atom stereocenters. The molecule has 2 aromatic carbocycles.